The summed E-state index contributed by atoms with van der Waals surface area (Å²) in [6.45, 7) is 9.68. The van der Waals surface area contributed by atoms with Crippen molar-refractivity contribution in [2.45, 2.75) is 78.2 Å². The van der Waals surface area contributed by atoms with Crippen molar-refractivity contribution in [2.75, 3.05) is 19.7 Å². The van der Waals surface area contributed by atoms with Crippen molar-refractivity contribution in [1.29, 1.82) is 0 Å². The fraction of sp³-hybridized carbons (Fsp3) is 0.900. The van der Waals surface area contributed by atoms with E-state index in [1.165, 1.54) is 12.8 Å². The molecule has 0 spiro atoms. The number of esters is 1. The molecule has 25 heavy (non-hydrogen) atoms. The van der Waals surface area contributed by atoms with Gasteiger partial charge in [-0.25, -0.2) is 4.79 Å². The van der Waals surface area contributed by atoms with Gasteiger partial charge in [-0.3, -0.25) is 4.79 Å². The molecule has 1 aliphatic heterocycles. The van der Waals surface area contributed by atoms with Gasteiger partial charge >= 0.3 is 12.1 Å². The van der Waals surface area contributed by atoms with E-state index >= 15 is 0 Å². The number of likely N-dealkylation sites (tertiary alicyclic amines) is 1. The molecule has 1 heterocycles. The molecule has 0 N–H and O–H groups in total. The minimum atomic E-state index is -0.425. The molecule has 1 aliphatic carbocycles. The Balaban J connectivity index is 1.70. The van der Waals surface area contributed by atoms with Gasteiger partial charge in [-0.15, -0.1) is 0 Å². The fourth-order valence-corrected chi connectivity index (χ4v) is 4.20. The number of carbonyl (C=O) groups excluding carboxylic acids is 2. The van der Waals surface area contributed by atoms with Crippen LogP contribution in [0, 0.1) is 17.8 Å². The zero-order valence-corrected chi connectivity index (χ0v) is 16.4. The summed E-state index contributed by atoms with van der Waals surface area (Å²) in [6, 6.07) is 0. The Labute approximate surface area is 152 Å². The summed E-state index contributed by atoms with van der Waals surface area (Å²) in [5, 5.41) is 0. The molecular weight excluding hydrogens is 318 g/mol. The molecule has 0 aromatic rings. The second-order valence-electron chi connectivity index (χ2n) is 8.59. The van der Waals surface area contributed by atoms with Crippen LogP contribution in [-0.4, -0.2) is 42.3 Å². The van der Waals surface area contributed by atoms with E-state index in [1.54, 1.807) is 0 Å². The molecule has 1 saturated carbocycles. The summed E-state index contributed by atoms with van der Waals surface area (Å²) < 4.78 is 10.5. The lowest BCUT2D eigenvalue weighted by atomic mass is 9.72. The highest BCUT2D eigenvalue weighted by molar-refractivity contribution is 5.69. The number of carbonyl (C=O) groups is 2. The maximum Gasteiger partial charge on any atom is 0.410 e. The third-order valence-corrected chi connectivity index (χ3v) is 5.51. The molecule has 2 aliphatic rings. The van der Waals surface area contributed by atoms with E-state index in [0.29, 0.717) is 24.9 Å². The molecule has 144 valence electrons. The highest BCUT2D eigenvalue weighted by Crippen LogP contribution is 2.39. The van der Waals surface area contributed by atoms with E-state index in [9.17, 15) is 9.59 Å². The number of piperidine rings is 1. The second-order valence-corrected chi connectivity index (χ2v) is 8.59. The second kappa shape index (κ2) is 8.91. The maximum atomic E-state index is 12.2. The third-order valence-electron chi connectivity index (χ3n) is 5.51. The first-order chi connectivity index (χ1) is 11.8. The van der Waals surface area contributed by atoms with Crippen LogP contribution in [0.3, 0.4) is 0 Å². The van der Waals surface area contributed by atoms with Gasteiger partial charge in [-0.1, -0.05) is 0 Å². The molecule has 0 atom stereocenters. The van der Waals surface area contributed by atoms with Crippen molar-refractivity contribution in [3.63, 3.8) is 0 Å². The van der Waals surface area contributed by atoms with Crippen molar-refractivity contribution in [1.82, 2.24) is 4.90 Å². The largest absolute Gasteiger partial charge is 0.466 e. The van der Waals surface area contributed by atoms with Crippen LogP contribution in [0.15, 0.2) is 0 Å². The van der Waals surface area contributed by atoms with E-state index in [0.717, 1.165) is 44.7 Å². The minimum absolute atomic E-state index is 0.0448. The van der Waals surface area contributed by atoms with E-state index < -0.39 is 5.60 Å². The Morgan fingerprint density at radius 1 is 0.960 bits per heavy atom. The highest BCUT2D eigenvalue weighted by Gasteiger charge is 2.33. The lowest BCUT2D eigenvalue weighted by Gasteiger charge is -2.39. The van der Waals surface area contributed by atoms with Crippen LogP contribution in [0.25, 0.3) is 0 Å². The molecule has 1 saturated heterocycles. The molecule has 0 aromatic carbocycles. The summed E-state index contributed by atoms with van der Waals surface area (Å²) in [5.41, 5.74) is -0.425. The first-order valence-electron chi connectivity index (χ1n) is 9.92. The standard InChI is InChI=1S/C20H35NO4/c1-5-24-18(22)14-15-6-8-16(9-7-15)17-10-12-21(13-11-17)19(23)25-20(2,3)4/h15-17H,5-14H2,1-4H3. The van der Waals surface area contributed by atoms with Gasteiger partial charge in [0.15, 0.2) is 0 Å². The van der Waals surface area contributed by atoms with Crippen molar-refractivity contribution in [3.05, 3.63) is 0 Å². The van der Waals surface area contributed by atoms with Crippen LogP contribution < -0.4 is 0 Å². The number of ether oxygens (including phenoxy) is 2. The number of amides is 1. The number of rotatable bonds is 4. The summed E-state index contributed by atoms with van der Waals surface area (Å²) in [7, 11) is 0. The summed E-state index contributed by atoms with van der Waals surface area (Å²) in [4.78, 5) is 25.6. The Morgan fingerprint density at radius 3 is 2.04 bits per heavy atom. The molecule has 5 heteroatoms. The van der Waals surface area contributed by atoms with Gasteiger partial charge in [-0.2, -0.15) is 0 Å². The number of nitrogens with zero attached hydrogens (tertiary/aromatic N) is 1. The Hall–Kier alpha value is -1.26. The van der Waals surface area contributed by atoms with Crippen LogP contribution in [0.1, 0.15) is 72.6 Å². The first-order valence-corrected chi connectivity index (χ1v) is 9.92. The molecule has 0 aromatic heterocycles. The summed E-state index contributed by atoms with van der Waals surface area (Å²) in [6.07, 6.45) is 7.24. The van der Waals surface area contributed by atoms with Gasteiger partial charge in [0.1, 0.15) is 5.60 Å². The van der Waals surface area contributed by atoms with Gasteiger partial charge < -0.3 is 14.4 Å². The van der Waals surface area contributed by atoms with Gasteiger partial charge in [0.05, 0.1) is 6.61 Å². The Kier molecular flexibility index (Phi) is 7.14. The zero-order chi connectivity index (χ0) is 18.4. The molecule has 5 nitrogen and oxygen atoms in total. The van der Waals surface area contributed by atoms with Gasteiger partial charge in [-0.05, 0) is 84.0 Å². The average Bonchev–Trinajstić information content (AvgIpc) is 2.54. The van der Waals surface area contributed by atoms with Gasteiger partial charge in [0.25, 0.3) is 0 Å². The van der Waals surface area contributed by atoms with Crippen LogP contribution >= 0.6 is 0 Å². The molecule has 2 rings (SSSR count). The molecular formula is C20H35NO4. The quantitative estimate of drug-likeness (QED) is 0.703. The van der Waals surface area contributed by atoms with E-state index in [1.807, 2.05) is 32.6 Å². The van der Waals surface area contributed by atoms with Gasteiger partial charge in [0.2, 0.25) is 0 Å². The molecule has 2 fully saturated rings. The predicted molar refractivity (Wildman–Crippen MR) is 97.2 cm³/mol. The normalized spacial score (nSPS) is 25.5. The van der Waals surface area contributed by atoms with E-state index in [4.69, 9.17) is 9.47 Å². The fourth-order valence-electron chi connectivity index (χ4n) is 4.20. The van der Waals surface area contributed by atoms with Crippen molar-refractivity contribution in [3.8, 4) is 0 Å². The molecule has 0 unspecified atom stereocenters. The lowest BCUT2D eigenvalue weighted by Crippen LogP contribution is -2.43. The Bertz CT molecular complexity index is 441. The smallest absolute Gasteiger partial charge is 0.410 e. The van der Waals surface area contributed by atoms with E-state index in [2.05, 4.69) is 0 Å². The first kappa shape index (κ1) is 20.1. The van der Waals surface area contributed by atoms with Crippen LogP contribution in [-0.2, 0) is 14.3 Å². The monoisotopic (exact) mass is 353 g/mol. The minimum Gasteiger partial charge on any atom is -0.466 e. The molecule has 0 bridgehead atoms. The van der Waals surface area contributed by atoms with Crippen LogP contribution in [0.2, 0.25) is 0 Å². The summed E-state index contributed by atoms with van der Waals surface area (Å²) in [5.74, 6) is 1.91. The zero-order valence-electron chi connectivity index (χ0n) is 16.4. The van der Waals surface area contributed by atoms with E-state index in [-0.39, 0.29) is 12.1 Å². The third kappa shape index (κ3) is 6.52. The summed E-state index contributed by atoms with van der Waals surface area (Å²) >= 11 is 0. The highest BCUT2D eigenvalue weighted by atomic mass is 16.6. The topological polar surface area (TPSA) is 55.8 Å². The van der Waals surface area contributed by atoms with Crippen LogP contribution in [0.4, 0.5) is 4.79 Å². The van der Waals surface area contributed by atoms with Gasteiger partial charge in [0, 0.05) is 19.5 Å². The SMILES string of the molecule is CCOC(=O)CC1CCC(C2CCN(C(=O)OC(C)(C)C)CC2)CC1. The molecule has 1 amide bonds. The van der Waals surface area contributed by atoms with Crippen molar-refractivity contribution >= 4 is 12.1 Å². The van der Waals surface area contributed by atoms with Crippen molar-refractivity contribution in [2.24, 2.45) is 17.8 Å². The number of hydrogen-bond acceptors (Lipinski definition) is 4. The van der Waals surface area contributed by atoms with Crippen LogP contribution in [0.5, 0.6) is 0 Å². The maximum absolute atomic E-state index is 12.2. The predicted octanol–water partition coefficient (Wildman–Crippen LogP) is 4.39. The molecule has 0 radical (unpaired) electrons. The van der Waals surface area contributed by atoms with Crippen molar-refractivity contribution < 1.29 is 19.1 Å². The number of hydrogen-bond donors (Lipinski definition) is 0. The Morgan fingerprint density at radius 2 is 1.52 bits per heavy atom. The average molecular weight is 354 g/mol. The lowest BCUT2D eigenvalue weighted by molar-refractivity contribution is -0.144.